The summed E-state index contributed by atoms with van der Waals surface area (Å²) in [5.41, 5.74) is 7.72. The van der Waals surface area contributed by atoms with Gasteiger partial charge >= 0.3 is 6.03 Å². The molecule has 0 bridgehead atoms. The molecule has 0 radical (unpaired) electrons. The van der Waals surface area contributed by atoms with Crippen LogP contribution >= 0.6 is 0 Å². The van der Waals surface area contributed by atoms with E-state index in [9.17, 15) is 4.79 Å². The number of nitrogens with two attached hydrogens (primary N) is 1. The van der Waals surface area contributed by atoms with Crippen LogP contribution in [0.1, 0.15) is 17.0 Å². The second-order valence-corrected chi connectivity index (χ2v) is 3.35. The van der Waals surface area contributed by atoms with Crippen LogP contribution in [0.2, 0.25) is 0 Å². The maximum atomic E-state index is 10.5. The van der Waals surface area contributed by atoms with Gasteiger partial charge in [0.1, 0.15) is 0 Å². The second kappa shape index (κ2) is 3.09. The largest absolute Gasteiger partial charge is 0.352 e. The minimum Gasteiger partial charge on any atom is -0.352 e. The van der Waals surface area contributed by atoms with Gasteiger partial charge in [0.2, 0.25) is 0 Å². The lowest BCUT2D eigenvalue weighted by Crippen LogP contribution is -2.36. The molecule has 1 aliphatic carbocycles. The Labute approximate surface area is 76.9 Å². The van der Waals surface area contributed by atoms with Crippen molar-refractivity contribution < 1.29 is 4.79 Å². The molecule has 3 heteroatoms. The van der Waals surface area contributed by atoms with Crippen LogP contribution in [0.4, 0.5) is 4.79 Å². The number of carbonyl (C=O) groups is 1. The summed E-state index contributed by atoms with van der Waals surface area (Å²) in [5, 5.41) is 2.63. The van der Waals surface area contributed by atoms with Gasteiger partial charge in [0.25, 0.3) is 0 Å². The number of benzene rings is 1. The Morgan fingerprint density at radius 2 is 2.31 bits per heavy atom. The third kappa shape index (κ3) is 1.49. The normalized spacial score (nSPS) is 18.6. The van der Waals surface area contributed by atoms with Crippen molar-refractivity contribution in [3.8, 4) is 0 Å². The standard InChI is InChI=1S/C10H12N2O/c11-10(13)12-6-8-5-7-3-1-2-4-9(7)8/h1-4,8H,5-6H2,(H3,11,12,13). The molecule has 0 heterocycles. The summed E-state index contributed by atoms with van der Waals surface area (Å²) in [6.45, 7) is 0.659. The summed E-state index contributed by atoms with van der Waals surface area (Å²) in [6, 6.07) is 7.85. The SMILES string of the molecule is NC(=O)NCC1Cc2ccccc21. The summed E-state index contributed by atoms with van der Waals surface area (Å²) in [7, 11) is 0. The van der Waals surface area contributed by atoms with Crippen molar-refractivity contribution >= 4 is 6.03 Å². The van der Waals surface area contributed by atoms with Gasteiger partial charge in [0.15, 0.2) is 0 Å². The molecule has 0 aliphatic heterocycles. The zero-order chi connectivity index (χ0) is 9.26. The number of fused-ring (bicyclic) bond motifs is 1. The number of hydrogen-bond donors (Lipinski definition) is 2. The summed E-state index contributed by atoms with van der Waals surface area (Å²) < 4.78 is 0. The van der Waals surface area contributed by atoms with Crippen molar-refractivity contribution in [2.45, 2.75) is 12.3 Å². The number of hydrogen-bond acceptors (Lipinski definition) is 1. The maximum Gasteiger partial charge on any atom is 0.312 e. The molecule has 3 N–H and O–H groups in total. The van der Waals surface area contributed by atoms with Crippen molar-refractivity contribution in [2.24, 2.45) is 5.73 Å². The van der Waals surface area contributed by atoms with Crippen LogP contribution in [0.25, 0.3) is 0 Å². The van der Waals surface area contributed by atoms with E-state index in [0.29, 0.717) is 12.5 Å². The molecule has 1 atom stereocenters. The molecule has 0 fully saturated rings. The minimum absolute atomic E-state index is 0.440. The zero-order valence-electron chi connectivity index (χ0n) is 7.29. The Morgan fingerprint density at radius 1 is 1.54 bits per heavy atom. The quantitative estimate of drug-likeness (QED) is 0.693. The van der Waals surface area contributed by atoms with E-state index in [1.54, 1.807) is 0 Å². The highest BCUT2D eigenvalue weighted by molar-refractivity contribution is 5.71. The van der Waals surface area contributed by atoms with Gasteiger partial charge < -0.3 is 11.1 Å². The van der Waals surface area contributed by atoms with E-state index in [0.717, 1.165) is 6.42 Å². The van der Waals surface area contributed by atoms with Crippen LogP contribution in [0.3, 0.4) is 0 Å². The Kier molecular flexibility index (Phi) is 1.93. The molecule has 1 aromatic carbocycles. The first-order valence-corrected chi connectivity index (χ1v) is 4.38. The van der Waals surface area contributed by atoms with Crippen molar-refractivity contribution in [1.29, 1.82) is 0 Å². The average molecular weight is 176 g/mol. The second-order valence-electron chi connectivity index (χ2n) is 3.35. The number of urea groups is 1. The molecular formula is C10H12N2O. The van der Waals surface area contributed by atoms with Gasteiger partial charge in [0.05, 0.1) is 0 Å². The van der Waals surface area contributed by atoms with Crippen molar-refractivity contribution in [2.75, 3.05) is 6.54 Å². The minimum atomic E-state index is -0.440. The van der Waals surface area contributed by atoms with E-state index in [1.165, 1.54) is 11.1 Å². The third-order valence-corrected chi connectivity index (χ3v) is 2.48. The summed E-state index contributed by atoms with van der Waals surface area (Å²) in [6.07, 6.45) is 1.05. The smallest absolute Gasteiger partial charge is 0.312 e. The predicted octanol–water partition coefficient (Wildman–Crippen LogP) is 0.995. The van der Waals surface area contributed by atoms with Crippen molar-refractivity contribution in [3.05, 3.63) is 35.4 Å². The van der Waals surface area contributed by atoms with E-state index in [2.05, 4.69) is 17.4 Å². The Balaban J connectivity index is 1.98. The van der Waals surface area contributed by atoms with Gasteiger partial charge in [-0.25, -0.2) is 4.79 Å². The lowest BCUT2D eigenvalue weighted by molar-refractivity contribution is 0.248. The highest BCUT2D eigenvalue weighted by Crippen LogP contribution is 2.33. The van der Waals surface area contributed by atoms with E-state index in [4.69, 9.17) is 5.73 Å². The fourth-order valence-corrected chi connectivity index (χ4v) is 1.77. The van der Waals surface area contributed by atoms with Gasteiger partial charge in [-0.05, 0) is 17.5 Å². The molecule has 1 unspecified atom stereocenters. The van der Waals surface area contributed by atoms with Gasteiger partial charge in [-0.2, -0.15) is 0 Å². The van der Waals surface area contributed by atoms with E-state index in [-0.39, 0.29) is 0 Å². The van der Waals surface area contributed by atoms with Crippen LogP contribution in [-0.4, -0.2) is 12.6 Å². The molecule has 3 nitrogen and oxygen atoms in total. The van der Waals surface area contributed by atoms with E-state index in [1.807, 2.05) is 12.1 Å². The molecule has 68 valence electrons. The molecule has 0 saturated heterocycles. The molecule has 2 rings (SSSR count). The molecule has 0 saturated carbocycles. The molecular weight excluding hydrogens is 164 g/mol. The van der Waals surface area contributed by atoms with Gasteiger partial charge in [-0.3, -0.25) is 0 Å². The monoisotopic (exact) mass is 176 g/mol. The van der Waals surface area contributed by atoms with Gasteiger partial charge in [0, 0.05) is 12.5 Å². The summed E-state index contributed by atoms with van der Waals surface area (Å²) >= 11 is 0. The van der Waals surface area contributed by atoms with Crippen molar-refractivity contribution in [3.63, 3.8) is 0 Å². The maximum absolute atomic E-state index is 10.5. The van der Waals surface area contributed by atoms with Crippen LogP contribution in [0.5, 0.6) is 0 Å². The highest BCUT2D eigenvalue weighted by atomic mass is 16.2. The van der Waals surface area contributed by atoms with Gasteiger partial charge in [-0.1, -0.05) is 24.3 Å². The highest BCUT2D eigenvalue weighted by Gasteiger charge is 2.24. The van der Waals surface area contributed by atoms with Crippen molar-refractivity contribution in [1.82, 2.24) is 5.32 Å². The molecule has 13 heavy (non-hydrogen) atoms. The van der Waals surface area contributed by atoms with Crippen LogP contribution < -0.4 is 11.1 Å². The topological polar surface area (TPSA) is 55.1 Å². The first kappa shape index (κ1) is 8.10. The number of primary amides is 1. The summed E-state index contributed by atoms with van der Waals surface area (Å²) in [5.74, 6) is 0.462. The Bertz CT molecular complexity index is 335. The van der Waals surface area contributed by atoms with Crippen LogP contribution in [-0.2, 0) is 6.42 Å². The molecule has 0 aromatic heterocycles. The van der Waals surface area contributed by atoms with E-state index < -0.39 is 6.03 Å². The molecule has 2 amide bonds. The molecule has 1 aliphatic rings. The lowest BCUT2D eigenvalue weighted by atomic mass is 9.78. The number of carbonyl (C=O) groups excluding carboxylic acids is 1. The zero-order valence-corrected chi connectivity index (χ0v) is 7.29. The third-order valence-electron chi connectivity index (χ3n) is 2.48. The molecule has 1 aromatic rings. The number of nitrogens with one attached hydrogen (secondary N) is 1. The van der Waals surface area contributed by atoms with Crippen LogP contribution in [0.15, 0.2) is 24.3 Å². The number of rotatable bonds is 2. The predicted molar refractivity (Wildman–Crippen MR) is 50.5 cm³/mol. The Morgan fingerprint density at radius 3 is 3.00 bits per heavy atom. The molecule has 0 spiro atoms. The average Bonchev–Trinajstić information content (AvgIpc) is 2.06. The van der Waals surface area contributed by atoms with Gasteiger partial charge in [-0.15, -0.1) is 0 Å². The fraction of sp³-hybridized carbons (Fsp3) is 0.300. The summed E-state index contributed by atoms with van der Waals surface area (Å²) in [4.78, 5) is 10.5. The lowest BCUT2D eigenvalue weighted by Gasteiger charge is -2.29. The fourth-order valence-electron chi connectivity index (χ4n) is 1.77. The van der Waals surface area contributed by atoms with Crippen LogP contribution in [0, 0.1) is 0 Å². The van der Waals surface area contributed by atoms with E-state index >= 15 is 0 Å². The first-order chi connectivity index (χ1) is 6.27. The number of amides is 2. The Hall–Kier alpha value is -1.51. The first-order valence-electron chi connectivity index (χ1n) is 4.38.